The van der Waals surface area contributed by atoms with Crippen molar-refractivity contribution < 1.29 is 4.74 Å². The smallest absolute Gasteiger partial charge is 0.229 e. The van der Waals surface area contributed by atoms with E-state index < -0.39 is 0 Å². The van der Waals surface area contributed by atoms with E-state index in [-0.39, 0.29) is 0 Å². The van der Waals surface area contributed by atoms with E-state index >= 15 is 0 Å². The van der Waals surface area contributed by atoms with Gasteiger partial charge < -0.3 is 15.0 Å². The van der Waals surface area contributed by atoms with Gasteiger partial charge in [0, 0.05) is 26.2 Å². The van der Waals surface area contributed by atoms with Crippen molar-refractivity contribution in [2.75, 3.05) is 30.4 Å². The molecule has 0 atom stereocenters. The van der Waals surface area contributed by atoms with Crippen LogP contribution in [0, 0.1) is 0 Å². The summed E-state index contributed by atoms with van der Waals surface area (Å²) in [6.45, 7) is 3.43. The molecule has 1 aliphatic heterocycles. The van der Waals surface area contributed by atoms with Crippen molar-refractivity contribution >= 4 is 22.8 Å². The number of benzene rings is 2. The predicted octanol–water partition coefficient (Wildman–Crippen LogP) is 4.29. The van der Waals surface area contributed by atoms with Crippen molar-refractivity contribution in [1.29, 1.82) is 0 Å². The maximum Gasteiger partial charge on any atom is 0.229 e. The van der Waals surface area contributed by atoms with Crippen molar-refractivity contribution in [3.8, 4) is 5.75 Å². The maximum atomic E-state index is 5.36. The maximum absolute atomic E-state index is 5.36. The molecule has 32 heavy (non-hydrogen) atoms. The van der Waals surface area contributed by atoms with Crippen LogP contribution in [0.15, 0.2) is 60.8 Å². The molecule has 164 valence electrons. The molecular formula is C25H28N6O. The third-order valence-corrected chi connectivity index (χ3v) is 5.92. The fraction of sp³-hybridized carbons (Fsp3) is 0.320. The van der Waals surface area contributed by atoms with Crippen molar-refractivity contribution in [1.82, 2.24) is 19.7 Å². The first kappa shape index (κ1) is 20.3. The lowest BCUT2D eigenvalue weighted by Gasteiger charge is -2.17. The molecule has 0 radical (unpaired) electrons. The molecule has 7 nitrogen and oxygen atoms in total. The van der Waals surface area contributed by atoms with Gasteiger partial charge in [0.05, 0.1) is 18.7 Å². The fourth-order valence-electron chi connectivity index (χ4n) is 4.15. The predicted molar refractivity (Wildman–Crippen MR) is 127 cm³/mol. The van der Waals surface area contributed by atoms with Crippen molar-refractivity contribution in [3.05, 3.63) is 71.9 Å². The van der Waals surface area contributed by atoms with Crippen LogP contribution < -0.4 is 15.0 Å². The largest absolute Gasteiger partial charge is 0.497 e. The minimum absolute atomic E-state index is 0.651. The van der Waals surface area contributed by atoms with Gasteiger partial charge in [-0.1, -0.05) is 42.5 Å². The summed E-state index contributed by atoms with van der Waals surface area (Å²) in [5.41, 5.74) is 3.31. The van der Waals surface area contributed by atoms with Crippen LogP contribution in [0.4, 0.5) is 11.8 Å². The Kier molecular flexibility index (Phi) is 5.87. The number of hydrogen-bond acceptors (Lipinski definition) is 6. The molecule has 1 N–H and O–H groups in total. The topological polar surface area (TPSA) is 68.1 Å². The Bertz CT molecular complexity index is 1180. The van der Waals surface area contributed by atoms with Crippen LogP contribution in [0.1, 0.15) is 24.0 Å². The summed E-state index contributed by atoms with van der Waals surface area (Å²) in [4.78, 5) is 12.1. The molecule has 0 amide bonds. The van der Waals surface area contributed by atoms with Gasteiger partial charge in [-0.25, -0.2) is 4.68 Å². The van der Waals surface area contributed by atoms with Crippen LogP contribution in [0.3, 0.4) is 0 Å². The Morgan fingerprint density at radius 2 is 1.78 bits per heavy atom. The zero-order valence-electron chi connectivity index (χ0n) is 18.4. The molecule has 3 heterocycles. The lowest BCUT2D eigenvalue weighted by molar-refractivity contribution is 0.414. The molecule has 4 aromatic rings. The number of fused-ring (bicyclic) bond motifs is 1. The van der Waals surface area contributed by atoms with Gasteiger partial charge in [-0.3, -0.25) is 0 Å². The number of nitrogens with one attached hydrogen (secondary N) is 1. The number of ether oxygens (including phenoxy) is 1. The van der Waals surface area contributed by atoms with Gasteiger partial charge in [0.25, 0.3) is 0 Å². The van der Waals surface area contributed by atoms with Crippen LogP contribution in [0.2, 0.25) is 0 Å². The molecular weight excluding hydrogens is 400 g/mol. The SMILES string of the molecule is COc1cccc(CNc2nc(N3CCCC3)nc3c2cnn3CCc2ccccc2)c1. The molecule has 0 saturated carbocycles. The molecule has 0 aliphatic carbocycles. The molecule has 0 bridgehead atoms. The van der Waals surface area contributed by atoms with Crippen molar-refractivity contribution in [2.45, 2.75) is 32.4 Å². The minimum Gasteiger partial charge on any atom is -0.497 e. The highest BCUT2D eigenvalue weighted by Gasteiger charge is 2.19. The summed E-state index contributed by atoms with van der Waals surface area (Å²) >= 11 is 0. The Labute approximate surface area is 188 Å². The van der Waals surface area contributed by atoms with Crippen LogP contribution in [0.25, 0.3) is 11.0 Å². The highest BCUT2D eigenvalue weighted by atomic mass is 16.5. The zero-order chi connectivity index (χ0) is 21.8. The third-order valence-electron chi connectivity index (χ3n) is 5.92. The minimum atomic E-state index is 0.651. The first-order chi connectivity index (χ1) is 15.8. The standard InChI is InChI=1S/C25H28N6O/c1-32-21-11-7-10-20(16-21)17-26-23-22-18-27-31(15-12-19-8-3-2-4-9-19)24(22)29-25(28-23)30-13-5-6-14-30/h2-4,7-11,16,18H,5-6,12-15,17H2,1H3,(H,26,28,29). The second-order valence-corrected chi connectivity index (χ2v) is 8.11. The van der Waals surface area contributed by atoms with E-state index in [0.717, 1.165) is 60.2 Å². The van der Waals surface area contributed by atoms with E-state index in [1.165, 1.54) is 18.4 Å². The van der Waals surface area contributed by atoms with Gasteiger partial charge in [-0.15, -0.1) is 0 Å². The zero-order valence-corrected chi connectivity index (χ0v) is 18.4. The van der Waals surface area contributed by atoms with Gasteiger partial charge in [0.15, 0.2) is 5.65 Å². The molecule has 1 saturated heterocycles. The Morgan fingerprint density at radius 3 is 2.59 bits per heavy atom. The van der Waals surface area contributed by atoms with Crippen molar-refractivity contribution in [2.24, 2.45) is 0 Å². The number of aromatic nitrogens is 4. The molecule has 1 fully saturated rings. The van der Waals surface area contributed by atoms with E-state index in [1.807, 2.05) is 35.1 Å². The third kappa shape index (κ3) is 4.37. The summed E-state index contributed by atoms with van der Waals surface area (Å²) in [6.07, 6.45) is 5.15. The lowest BCUT2D eigenvalue weighted by Crippen LogP contribution is -2.21. The Morgan fingerprint density at radius 1 is 0.969 bits per heavy atom. The summed E-state index contributed by atoms with van der Waals surface area (Å²) in [5.74, 6) is 2.46. The van der Waals surface area contributed by atoms with Gasteiger partial charge >= 0.3 is 0 Å². The molecule has 0 unspecified atom stereocenters. The first-order valence-corrected chi connectivity index (χ1v) is 11.2. The van der Waals surface area contributed by atoms with Crippen molar-refractivity contribution in [3.63, 3.8) is 0 Å². The molecule has 7 heteroatoms. The van der Waals surface area contributed by atoms with E-state index in [0.29, 0.717) is 6.54 Å². The quantitative estimate of drug-likeness (QED) is 0.452. The lowest BCUT2D eigenvalue weighted by atomic mass is 10.1. The second kappa shape index (κ2) is 9.26. The highest BCUT2D eigenvalue weighted by Crippen LogP contribution is 2.26. The average molecular weight is 429 g/mol. The summed E-state index contributed by atoms with van der Waals surface area (Å²) in [5, 5.41) is 9.12. The summed E-state index contributed by atoms with van der Waals surface area (Å²) in [7, 11) is 1.69. The Balaban J connectivity index is 1.44. The summed E-state index contributed by atoms with van der Waals surface area (Å²) in [6, 6.07) is 18.6. The van der Waals surface area contributed by atoms with Crippen LogP contribution >= 0.6 is 0 Å². The molecule has 5 rings (SSSR count). The van der Waals surface area contributed by atoms with Crippen LogP contribution in [-0.4, -0.2) is 39.9 Å². The van der Waals surface area contributed by atoms with E-state index in [4.69, 9.17) is 14.7 Å². The van der Waals surface area contributed by atoms with Gasteiger partial charge in [-0.2, -0.15) is 15.1 Å². The number of methoxy groups -OCH3 is 1. The second-order valence-electron chi connectivity index (χ2n) is 8.11. The highest BCUT2D eigenvalue weighted by molar-refractivity contribution is 5.87. The molecule has 2 aromatic carbocycles. The number of hydrogen-bond donors (Lipinski definition) is 1. The molecule has 0 spiro atoms. The first-order valence-electron chi connectivity index (χ1n) is 11.2. The van der Waals surface area contributed by atoms with Crippen LogP contribution in [-0.2, 0) is 19.5 Å². The van der Waals surface area contributed by atoms with E-state index in [9.17, 15) is 0 Å². The number of anilines is 2. The average Bonchev–Trinajstić information content (AvgIpc) is 3.52. The molecule has 2 aromatic heterocycles. The van der Waals surface area contributed by atoms with E-state index in [2.05, 4.69) is 45.6 Å². The fourth-order valence-corrected chi connectivity index (χ4v) is 4.15. The molecule has 1 aliphatic rings. The Hall–Kier alpha value is -3.61. The monoisotopic (exact) mass is 428 g/mol. The van der Waals surface area contributed by atoms with Gasteiger partial charge in [0.1, 0.15) is 11.6 Å². The van der Waals surface area contributed by atoms with Gasteiger partial charge in [0.2, 0.25) is 5.95 Å². The number of rotatable bonds is 8. The number of nitrogens with zero attached hydrogens (tertiary/aromatic N) is 5. The van der Waals surface area contributed by atoms with Gasteiger partial charge in [-0.05, 0) is 42.5 Å². The summed E-state index contributed by atoms with van der Waals surface area (Å²) < 4.78 is 7.36. The normalized spacial score (nSPS) is 13.6. The van der Waals surface area contributed by atoms with Crippen LogP contribution in [0.5, 0.6) is 5.75 Å². The van der Waals surface area contributed by atoms with E-state index in [1.54, 1.807) is 7.11 Å². The number of aryl methyl sites for hydroxylation is 2.